The molecule has 4 rings (SSSR count). The van der Waals surface area contributed by atoms with Gasteiger partial charge in [0.2, 0.25) is 5.91 Å². The molecule has 182 valence electrons. The summed E-state index contributed by atoms with van der Waals surface area (Å²) in [5, 5.41) is 13.7. The number of piperidine rings is 1. The monoisotopic (exact) mass is 470 g/mol. The van der Waals surface area contributed by atoms with Crippen LogP contribution in [0.4, 0.5) is 25.8 Å². The first-order chi connectivity index (χ1) is 16.2. The van der Waals surface area contributed by atoms with Gasteiger partial charge in [0.1, 0.15) is 5.69 Å². The average molecular weight is 471 g/mol. The number of hydrogen-bond donors (Lipinski definition) is 0. The first-order valence-electron chi connectivity index (χ1n) is 11.8. The molecule has 0 saturated carbocycles. The van der Waals surface area contributed by atoms with E-state index in [1.165, 1.54) is 6.07 Å². The van der Waals surface area contributed by atoms with E-state index in [4.69, 9.17) is 0 Å². The molecule has 0 aliphatic carbocycles. The lowest BCUT2D eigenvalue weighted by Gasteiger charge is -2.42. The topological polar surface area (TPSA) is 49.9 Å². The number of rotatable bonds is 7. The molecule has 1 atom stereocenters. The van der Waals surface area contributed by atoms with E-state index in [0.717, 1.165) is 42.3 Å². The Labute approximate surface area is 199 Å². The molecule has 0 radical (unpaired) electrons. The molecular formula is C26H32F2N4O2. The second kappa shape index (κ2) is 9.82. The van der Waals surface area contributed by atoms with Gasteiger partial charge in [0.05, 0.1) is 6.54 Å². The first-order valence-corrected chi connectivity index (χ1v) is 11.8. The van der Waals surface area contributed by atoms with E-state index in [0.29, 0.717) is 38.3 Å². The van der Waals surface area contributed by atoms with Crippen molar-refractivity contribution in [2.45, 2.75) is 39.2 Å². The Hall–Kier alpha value is -2.81. The van der Waals surface area contributed by atoms with Crippen molar-refractivity contribution in [1.82, 2.24) is 9.55 Å². The average Bonchev–Trinajstić information content (AvgIpc) is 3.14. The van der Waals surface area contributed by atoms with Crippen LogP contribution >= 0.6 is 0 Å². The van der Waals surface area contributed by atoms with Gasteiger partial charge in [0, 0.05) is 55.6 Å². The van der Waals surface area contributed by atoms with Gasteiger partial charge in [0.15, 0.2) is 24.0 Å². The van der Waals surface area contributed by atoms with Gasteiger partial charge >= 0.3 is 0 Å². The van der Waals surface area contributed by atoms with E-state index in [1.807, 2.05) is 36.1 Å². The van der Waals surface area contributed by atoms with Crippen molar-refractivity contribution in [2.24, 2.45) is 0 Å². The molecule has 0 N–H and O–H groups in total. The zero-order valence-corrected chi connectivity index (χ0v) is 19.8. The van der Waals surface area contributed by atoms with Crippen LogP contribution < -0.4 is 14.4 Å². The quantitative estimate of drug-likeness (QED) is 0.423. The first kappa shape index (κ1) is 24.3. The minimum Gasteiger partial charge on any atom is -0.626 e. The van der Waals surface area contributed by atoms with Gasteiger partial charge in [0.25, 0.3) is 0 Å². The number of likely N-dealkylation sites (tertiary alicyclic amines) is 1. The second-order valence-electron chi connectivity index (χ2n) is 9.19. The number of quaternary nitrogens is 1. The summed E-state index contributed by atoms with van der Waals surface area (Å²) < 4.78 is 26.8. The molecule has 0 aromatic heterocycles. The summed E-state index contributed by atoms with van der Waals surface area (Å²) in [4.78, 5) is 18.5. The maximum Gasteiger partial charge on any atom is 0.226 e. The van der Waals surface area contributed by atoms with Crippen LogP contribution in [-0.2, 0) is 4.79 Å². The molecule has 1 saturated heterocycles. The maximum absolute atomic E-state index is 13.8. The molecule has 0 spiro atoms. The predicted octanol–water partition coefficient (Wildman–Crippen LogP) is 4.99. The summed E-state index contributed by atoms with van der Waals surface area (Å²) in [6.07, 6.45) is 1.70. The number of halogens is 2. The zero-order valence-electron chi connectivity index (χ0n) is 19.8. The summed E-state index contributed by atoms with van der Waals surface area (Å²) in [7, 11) is 0. The van der Waals surface area contributed by atoms with E-state index in [1.54, 1.807) is 11.8 Å². The van der Waals surface area contributed by atoms with Gasteiger partial charge < -0.3 is 14.8 Å². The van der Waals surface area contributed by atoms with Gasteiger partial charge in [-0.3, -0.25) is 14.6 Å². The highest BCUT2D eigenvalue weighted by Gasteiger charge is 2.37. The van der Waals surface area contributed by atoms with Crippen molar-refractivity contribution in [3.63, 3.8) is 0 Å². The van der Waals surface area contributed by atoms with Crippen LogP contribution in [0.2, 0.25) is 0 Å². The summed E-state index contributed by atoms with van der Waals surface area (Å²) >= 11 is 0. The molecule has 1 fully saturated rings. The van der Waals surface area contributed by atoms with E-state index in [-0.39, 0.29) is 18.4 Å². The molecular weight excluding hydrogens is 438 g/mol. The van der Waals surface area contributed by atoms with Crippen molar-refractivity contribution in [1.29, 1.82) is 0 Å². The number of nitrogens with zero attached hydrogens (tertiary/aromatic N) is 4. The normalized spacial score (nSPS) is 20.9. The zero-order chi connectivity index (χ0) is 24.5. The fourth-order valence-electron chi connectivity index (χ4n) is 5.00. The van der Waals surface area contributed by atoms with Crippen molar-refractivity contribution in [2.75, 3.05) is 42.6 Å². The van der Waals surface area contributed by atoms with Crippen LogP contribution in [0, 0.1) is 16.8 Å². The Morgan fingerprint density at radius 2 is 1.88 bits per heavy atom. The van der Waals surface area contributed by atoms with Gasteiger partial charge in [-0.25, -0.2) is 8.78 Å². The van der Waals surface area contributed by atoms with Crippen LogP contribution in [0.15, 0.2) is 54.7 Å². The maximum atomic E-state index is 13.8. The number of para-hydroxylation sites is 2. The summed E-state index contributed by atoms with van der Waals surface area (Å²) in [6.45, 7) is 10.5. The van der Waals surface area contributed by atoms with Crippen molar-refractivity contribution in [3.05, 3.63) is 71.6 Å². The molecule has 2 aliphatic heterocycles. The lowest BCUT2D eigenvalue weighted by Crippen LogP contribution is -2.52. The number of anilines is 2. The van der Waals surface area contributed by atoms with Crippen molar-refractivity contribution >= 4 is 23.0 Å². The van der Waals surface area contributed by atoms with Crippen LogP contribution in [0.5, 0.6) is 0 Å². The Morgan fingerprint density at radius 1 is 1.18 bits per heavy atom. The molecule has 34 heavy (non-hydrogen) atoms. The Balaban J connectivity index is 1.40. The van der Waals surface area contributed by atoms with E-state index >= 15 is 0 Å². The van der Waals surface area contributed by atoms with Gasteiger partial charge in [-0.15, -0.1) is 0 Å². The molecule has 6 nitrogen and oxygen atoms in total. The molecule has 1 amide bonds. The van der Waals surface area contributed by atoms with Gasteiger partial charge in [-0.2, -0.15) is 0 Å². The Kier molecular flexibility index (Phi) is 7.02. The van der Waals surface area contributed by atoms with Gasteiger partial charge in [-0.05, 0) is 38.0 Å². The fourth-order valence-corrected chi connectivity index (χ4v) is 5.00. The number of hydrogen-bond acceptors (Lipinski definition) is 4. The SMILES string of the molecule is C=C(C)N1C[N+]([O-])(CCN2CCC(N(C(=O)CC)c3ccc(F)c(F)c3)CC2)c2ccccc21. The Morgan fingerprint density at radius 3 is 2.53 bits per heavy atom. The summed E-state index contributed by atoms with van der Waals surface area (Å²) in [5.74, 6) is -1.99. The third-order valence-electron chi connectivity index (χ3n) is 6.89. The molecule has 1 unspecified atom stereocenters. The summed E-state index contributed by atoms with van der Waals surface area (Å²) in [6, 6.07) is 11.2. The largest absolute Gasteiger partial charge is 0.626 e. The molecule has 2 aromatic carbocycles. The van der Waals surface area contributed by atoms with Crippen molar-refractivity contribution < 1.29 is 13.6 Å². The minimum atomic E-state index is -0.956. The Bertz CT molecular complexity index is 1070. The van der Waals surface area contributed by atoms with Crippen LogP contribution in [0.3, 0.4) is 0 Å². The van der Waals surface area contributed by atoms with E-state index in [9.17, 15) is 18.8 Å². The van der Waals surface area contributed by atoms with Gasteiger partial charge in [-0.1, -0.05) is 25.6 Å². The highest BCUT2D eigenvalue weighted by atomic mass is 19.2. The highest BCUT2D eigenvalue weighted by molar-refractivity contribution is 5.93. The molecule has 8 heteroatoms. The van der Waals surface area contributed by atoms with Crippen LogP contribution in [-0.4, -0.2) is 49.7 Å². The number of carbonyl (C=O) groups excluding carboxylic acids is 1. The lowest BCUT2D eigenvalue weighted by molar-refractivity contribution is -0.119. The van der Waals surface area contributed by atoms with E-state index in [2.05, 4.69) is 11.5 Å². The number of amides is 1. The van der Waals surface area contributed by atoms with Crippen LogP contribution in [0.1, 0.15) is 33.1 Å². The number of benzene rings is 2. The lowest BCUT2D eigenvalue weighted by atomic mass is 10.0. The molecule has 2 aliphatic rings. The second-order valence-corrected chi connectivity index (χ2v) is 9.19. The standard InChI is InChI=1S/C26H32F2N4O2/c1-4-26(33)31(21-9-10-22(27)23(28)17-21)20-11-13-29(14-12-20)15-16-32(34)18-30(19(2)3)24-7-5-6-8-25(24)32/h5-10,17,20H,2,4,11-16,18H2,1,3H3. The predicted molar refractivity (Wildman–Crippen MR) is 132 cm³/mol. The van der Waals surface area contributed by atoms with Crippen LogP contribution in [0.25, 0.3) is 0 Å². The number of fused-ring (bicyclic) bond motifs is 1. The molecule has 0 bridgehead atoms. The molecule has 2 heterocycles. The number of carbonyl (C=O) groups is 1. The number of allylic oxidation sites excluding steroid dienone is 1. The number of hydroxylamine groups is 2. The van der Waals surface area contributed by atoms with E-state index < -0.39 is 16.3 Å². The molecule has 2 aromatic rings. The third-order valence-corrected chi connectivity index (χ3v) is 6.89. The van der Waals surface area contributed by atoms with Crippen molar-refractivity contribution in [3.8, 4) is 0 Å². The fraction of sp³-hybridized carbons (Fsp3) is 0.423. The minimum absolute atomic E-state index is 0.0876. The summed E-state index contributed by atoms with van der Waals surface area (Å²) in [5.41, 5.74) is 2.92. The highest BCUT2D eigenvalue weighted by Crippen LogP contribution is 2.42. The smallest absolute Gasteiger partial charge is 0.226 e. The third kappa shape index (κ3) is 4.71.